The monoisotopic (exact) mass is 646 g/mol. The highest BCUT2D eigenvalue weighted by atomic mass is 32.2. The first kappa shape index (κ1) is 31.3. The summed E-state index contributed by atoms with van der Waals surface area (Å²) in [5.41, 5.74) is 8.09. The van der Waals surface area contributed by atoms with E-state index in [1.807, 2.05) is 12.1 Å². The number of primary amides is 2. The molecule has 4 aromatic rings. The predicted octanol–water partition coefficient (Wildman–Crippen LogP) is 3.97. The van der Waals surface area contributed by atoms with Gasteiger partial charge >= 0.3 is 6.03 Å². The van der Waals surface area contributed by atoms with Crippen molar-refractivity contribution >= 4 is 44.1 Å². The number of fused-ring (bicyclic) bond motifs is 1. The van der Waals surface area contributed by atoms with E-state index in [1.165, 1.54) is 30.5 Å². The summed E-state index contributed by atoms with van der Waals surface area (Å²) in [6.07, 6.45) is -2.02. The van der Waals surface area contributed by atoms with Gasteiger partial charge in [0.2, 0.25) is 10.0 Å². The maximum Gasteiger partial charge on any atom is 0.316 e. The molecule has 3 heterocycles. The lowest BCUT2D eigenvalue weighted by atomic mass is 9.87. The highest BCUT2D eigenvalue weighted by Crippen LogP contribution is 2.44. The Morgan fingerprint density at radius 2 is 1.86 bits per heavy atom. The van der Waals surface area contributed by atoms with Crippen LogP contribution >= 0.6 is 11.3 Å². The van der Waals surface area contributed by atoms with Gasteiger partial charge in [-0.1, -0.05) is 30.3 Å². The van der Waals surface area contributed by atoms with Crippen molar-refractivity contribution in [2.45, 2.75) is 48.6 Å². The number of nitrogens with two attached hydrogens (primary N) is 2. The number of pyridine rings is 1. The van der Waals surface area contributed by atoms with Crippen LogP contribution < -0.4 is 16.2 Å². The second kappa shape index (κ2) is 11.4. The lowest BCUT2D eigenvalue weighted by Crippen LogP contribution is -2.55. The van der Waals surface area contributed by atoms with Crippen molar-refractivity contribution in [1.29, 1.82) is 0 Å². The van der Waals surface area contributed by atoms with Gasteiger partial charge in [-0.2, -0.15) is 0 Å². The number of amides is 3. The van der Waals surface area contributed by atoms with Crippen LogP contribution in [0, 0.1) is 6.92 Å². The van der Waals surface area contributed by atoms with E-state index >= 15 is 0 Å². The number of benzene rings is 2. The predicted molar refractivity (Wildman–Crippen MR) is 159 cm³/mol. The molecule has 1 aliphatic heterocycles. The number of carbonyl (C=O) groups is 2. The van der Waals surface area contributed by atoms with E-state index < -0.39 is 52.1 Å². The van der Waals surface area contributed by atoms with Crippen LogP contribution in [0.5, 0.6) is 0 Å². The molecule has 0 saturated carbocycles. The number of likely N-dealkylation sites (tertiary alicyclic amines) is 1. The van der Waals surface area contributed by atoms with Gasteiger partial charge in [0.15, 0.2) is 5.54 Å². The summed E-state index contributed by atoms with van der Waals surface area (Å²) in [7, 11) is -4.11. The second-order valence-corrected chi connectivity index (χ2v) is 13.6. The fraction of sp³-hybridized carbons (Fsp3) is 0.310. The summed E-state index contributed by atoms with van der Waals surface area (Å²) in [4.78, 5) is 35.7. The minimum atomic E-state index is -4.11. The zero-order valence-electron chi connectivity index (χ0n) is 23.6. The number of aryl methyl sites for hydroxylation is 1. The largest absolute Gasteiger partial charge is 0.367 e. The molecule has 3 amide bonds. The summed E-state index contributed by atoms with van der Waals surface area (Å²) >= 11 is 0.964. The Labute approximate surface area is 255 Å². The molecule has 232 valence electrons. The molecule has 5 rings (SSSR count). The van der Waals surface area contributed by atoms with Gasteiger partial charge in [-0.3, -0.25) is 9.78 Å². The van der Waals surface area contributed by atoms with Gasteiger partial charge in [0.1, 0.15) is 11.7 Å². The van der Waals surface area contributed by atoms with Crippen LogP contribution in [0.3, 0.4) is 0 Å². The molecule has 0 radical (unpaired) electrons. The SMILES string of the molecule is Cc1nc(C2(C(N)=O)CC(NS(=O)(=O)c3ccc4ccccc4c3)CN2C(N)=O)sc1-c1ccnc(C(C)(CF)C(F)F)c1. The third-order valence-corrected chi connectivity index (χ3v) is 10.8. The molecule has 1 fully saturated rings. The molecule has 3 unspecified atom stereocenters. The number of nitrogens with zero attached hydrogens (tertiary/aromatic N) is 3. The third kappa shape index (κ3) is 5.28. The maximum atomic E-state index is 13.7. The normalized spacial score (nSPS) is 20.2. The number of aromatic nitrogens is 2. The molecule has 2 aromatic heterocycles. The van der Waals surface area contributed by atoms with Crippen LogP contribution in [0.1, 0.15) is 29.7 Å². The Balaban J connectivity index is 1.52. The summed E-state index contributed by atoms with van der Waals surface area (Å²) < 4.78 is 70.6. The molecule has 5 N–H and O–H groups in total. The van der Waals surface area contributed by atoms with E-state index in [-0.39, 0.29) is 28.6 Å². The van der Waals surface area contributed by atoms with Crippen LogP contribution in [-0.2, 0) is 25.8 Å². The van der Waals surface area contributed by atoms with Crippen LogP contribution in [0.2, 0.25) is 0 Å². The van der Waals surface area contributed by atoms with Crippen molar-refractivity contribution in [2.24, 2.45) is 11.5 Å². The summed E-state index contributed by atoms with van der Waals surface area (Å²) in [6, 6.07) is 12.7. The van der Waals surface area contributed by atoms with Crippen molar-refractivity contribution in [3.63, 3.8) is 0 Å². The Morgan fingerprint density at radius 1 is 1.16 bits per heavy atom. The number of hydrogen-bond acceptors (Lipinski definition) is 7. The Hall–Kier alpha value is -4.08. The number of halogens is 3. The van der Waals surface area contributed by atoms with Gasteiger partial charge in [-0.05, 0) is 54.4 Å². The van der Waals surface area contributed by atoms with Crippen molar-refractivity contribution in [3.8, 4) is 10.4 Å². The molecule has 1 saturated heterocycles. The third-order valence-electron chi connectivity index (χ3n) is 7.95. The molecule has 2 aromatic carbocycles. The molecule has 0 aliphatic carbocycles. The van der Waals surface area contributed by atoms with Crippen LogP contribution in [-0.4, -0.2) is 60.9 Å². The van der Waals surface area contributed by atoms with Gasteiger partial charge in [0.05, 0.1) is 26.6 Å². The van der Waals surface area contributed by atoms with E-state index in [2.05, 4.69) is 14.7 Å². The highest BCUT2D eigenvalue weighted by molar-refractivity contribution is 7.89. The first-order valence-corrected chi connectivity index (χ1v) is 15.7. The van der Waals surface area contributed by atoms with E-state index in [9.17, 15) is 31.2 Å². The van der Waals surface area contributed by atoms with Crippen molar-refractivity contribution in [2.75, 3.05) is 13.2 Å². The molecule has 1 aliphatic rings. The number of nitrogens with one attached hydrogen (secondary N) is 1. The molecule has 0 spiro atoms. The Kier molecular flexibility index (Phi) is 8.16. The number of thiazole rings is 1. The van der Waals surface area contributed by atoms with Gasteiger partial charge in [-0.25, -0.2) is 36.1 Å². The van der Waals surface area contributed by atoms with Gasteiger partial charge in [0, 0.05) is 25.2 Å². The summed E-state index contributed by atoms with van der Waals surface area (Å²) in [5.74, 6) is -0.984. The maximum absolute atomic E-state index is 13.7. The number of sulfonamides is 1. The van der Waals surface area contributed by atoms with Gasteiger partial charge in [-0.15, -0.1) is 11.3 Å². The number of alkyl halides is 3. The standard InChI is InChI=1S/C29H29F3N6O4S2/c1-16-23(19-9-10-35-22(12-19)28(2,15-30)24(31)32)43-26(36-16)29(25(33)39)13-20(14-38(29)27(34)40)37-44(41,42)21-8-7-17-5-3-4-6-18(17)11-21/h3-12,20,24,37H,13-15H2,1-2H3,(H2,33,39)(H2,34,40). The smallest absolute Gasteiger partial charge is 0.316 e. The van der Waals surface area contributed by atoms with Crippen LogP contribution in [0.15, 0.2) is 65.7 Å². The first-order chi connectivity index (χ1) is 20.7. The van der Waals surface area contributed by atoms with E-state index in [1.54, 1.807) is 25.1 Å². The minimum Gasteiger partial charge on any atom is -0.367 e. The second-order valence-electron chi connectivity index (χ2n) is 10.9. The molecular weight excluding hydrogens is 617 g/mol. The number of carbonyl (C=O) groups excluding carboxylic acids is 2. The van der Waals surface area contributed by atoms with Crippen LogP contribution in [0.25, 0.3) is 21.2 Å². The summed E-state index contributed by atoms with van der Waals surface area (Å²) in [5, 5.41) is 1.61. The molecule has 3 atom stereocenters. The van der Waals surface area contributed by atoms with Crippen molar-refractivity contribution in [1.82, 2.24) is 19.6 Å². The average Bonchev–Trinajstić information content (AvgIpc) is 3.57. The van der Waals surface area contributed by atoms with E-state index in [0.717, 1.165) is 28.5 Å². The summed E-state index contributed by atoms with van der Waals surface area (Å²) in [6.45, 7) is 1.05. The van der Waals surface area contributed by atoms with Gasteiger partial charge < -0.3 is 16.4 Å². The highest BCUT2D eigenvalue weighted by Gasteiger charge is 2.56. The lowest BCUT2D eigenvalue weighted by Gasteiger charge is -2.32. The van der Waals surface area contributed by atoms with E-state index in [4.69, 9.17) is 11.5 Å². The van der Waals surface area contributed by atoms with Crippen LogP contribution in [0.4, 0.5) is 18.0 Å². The minimum absolute atomic E-state index is 0.0108. The molecule has 10 nitrogen and oxygen atoms in total. The lowest BCUT2D eigenvalue weighted by molar-refractivity contribution is -0.127. The quantitative estimate of drug-likeness (QED) is 0.249. The Morgan fingerprint density at radius 3 is 2.50 bits per heavy atom. The average molecular weight is 647 g/mol. The number of rotatable bonds is 9. The zero-order valence-corrected chi connectivity index (χ0v) is 25.3. The van der Waals surface area contributed by atoms with E-state index in [0.29, 0.717) is 21.5 Å². The zero-order chi connectivity index (χ0) is 32.0. The molecule has 44 heavy (non-hydrogen) atoms. The number of urea groups is 1. The Bertz CT molecular complexity index is 1870. The molecular formula is C29H29F3N6O4S2. The topological polar surface area (TPSA) is 161 Å². The first-order valence-electron chi connectivity index (χ1n) is 13.4. The fourth-order valence-electron chi connectivity index (χ4n) is 5.39. The van der Waals surface area contributed by atoms with Gasteiger partial charge in [0.25, 0.3) is 12.3 Å². The molecule has 15 heteroatoms. The van der Waals surface area contributed by atoms with Crippen molar-refractivity contribution in [3.05, 3.63) is 77.2 Å². The van der Waals surface area contributed by atoms with Crippen molar-refractivity contribution < 1.29 is 31.2 Å². The number of hydrogen-bond donors (Lipinski definition) is 3. The fourth-order valence-corrected chi connectivity index (χ4v) is 7.93. The molecule has 0 bridgehead atoms.